The minimum absolute atomic E-state index is 0.188. The van der Waals surface area contributed by atoms with Gasteiger partial charge in [0, 0.05) is 6.20 Å². The van der Waals surface area contributed by atoms with Crippen molar-refractivity contribution in [3.63, 3.8) is 0 Å². The number of aliphatic hydroxyl groups is 1. The summed E-state index contributed by atoms with van der Waals surface area (Å²) in [5.41, 5.74) is -3.00. The summed E-state index contributed by atoms with van der Waals surface area (Å²) in [6, 6.07) is 4.17. The van der Waals surface area contributed by atoms with Gasteiger partial charge >= 0.3 is 11.9 Å². The molecule has 0 bridgehead atoms. The minimum atomic E-state index is -4.06. The molecule has 0 aliphatic heterocycles. The number of alkyl halides is 2. The number of hydrogen-bond donors (Lipinski definition) is 1. The molecule has 1 N–H and O–H groups in total. The van der Waals surface area contributed by atoms with Crippen molar-refractivity contribution in [1.82, 2.24) is 4.98 Å². The lowest BCUT2D eigenvalue weighted by atomic mass is 9.93. The first-order valence-electron chi connectivity index (χ1n) is 5.03. The van der Waals surface area contributed by atoms with Crippen LogP contribution >= 0.6 is 0 Å². The second kappa shape index (κ2) is 4.75. The molecule has 1 aromatic rings. The van der Waals surface area contributed by atoms with Gasteiger partial charge in [-0.25, -0.2) is 4.79 Å². The topological polar surface area (TPSA) is 59.4 Å². The van der Waals surface area contributed by atoms with Crippen LogP contribution in [0.1, 0.15) is 19.5 Å². The Bertz CT molecular complexity index is 393. The third-order valence-electron chi connectivity index (χ3n) is 2.31. The second-order valence-electron chi connectivity index (χ2n) is 3.58. The highest BCUT2D eigenvalue weighted by atomic mass is 19.3. The minimum Gasteiger partial charge on any atom is -0.461 e. The molecule has 1 aromatic heterocycles. The Morgan fingerprint density at radius 3 is 2.65 bits per heavy atom. The Kier molecular flexibility index (Phi) is 3.77. The van der Waals surface area contributed by atoms with E-state index < -0.39 is 17.5 Å². The smallest absolute Gasteiger partial charge is 0.380 e. The fourth-order valence-electron chi connectivity index (χ4n) is 1.23. The molecule has 1 rings (SSSR count). The lowest BCUT2D eigenvalue weighted by Crippen LogP contribution is -2.50. The molecule has 6 heteroatoms. The summed E-state index contributed by atoms with van der Waals surface area (Å²) < 4.78 is 31.6. The molecule has 17 heavy (non-hydrogen) atoms. The number of pyridine rings is 1. The number of carbonyl (C=O) groups is 1. The predicted molar refractivity (Wildman–Crippen MR) is 55.4 cm³/mol. The summed E-state index contributed by atoms with van der Waals surface area (Å²) in [4.78, 5) is 14.7. The van der Waals surface area contributed by atoms with Crippen LogP contribution in [-0.4, -0.2) is 28.6 Å². The van der Waals surface area contributed by atoms with Crippen LogP contribution < -0.4 is 0 Å². The lowest BCUT2D eigenvalue weighted by molar-refractivity contribution is -0.213. The Morgan fingerprint density at radius 1 is 1.53 bits per heavy atom. The number of hydrogen-bond acceptors (Lipinski definition) is 4. The maximum atomic E-state index is 13.7. The van der Waals surface area contributed by atoms with E-state index in [9.17, 15) is 18.7 Å². The van der Waals surface area contributed by atoms with Gasteiger partial charge in [0.05, 0.1) is 12.3 Å². The summed E-state index contributed by atoms with van der Waals surface area (Å²) >= 11 is 0. The van der Waals surface area contributed by atoms with Gasteiger partial charge in [0.1, 0.15) is 0 Å². The predicted octanol–water partition coefficient (Wildman–Crippen LogP) is 1.49. The monoisotopic (exact) mass is 245 g/mol. The zero-order valence-electron chi connectivity index (χ0n) is 9.48. The van der Waals surface area contributed by atoms with E-state index >= 15 is 0 Å². The largest absolute Gasteiger partial charge is 0.461 e. The molecule has 0 aliphatic carbocycles. The highest BCUT2D eigenvalue weighted by Crippen LogP contribution is 2.37. The van der Waals surface area contributed by atoms with Crippen LogP contribution in [0.5, 0.6) is 0 Å². The maximum Gasteiger partial charge on any atom is 0.380 e. The van der Waals surface area contributed by atoms with Crippen molar-refractivity contribution in [2.45, 2.75) is 25.4 Å². The normalized spacial score (nSPS) is 15.1. The summed E-state index contributed by atoms with van der Waals surface area (Å²) in [6.07, 6.45) is 1.25. The first kappa shape index (κ1) is 13.5. The number of carbonyl (C=O) groups excluding carboxylic acids is 1. The SMILES string of the molecule is CCOC(=O)C(F)(F)C(C)(O)c1ccccn1. The van der Waals surface area contributed by atoms with Crippen molar-refractivity contribution in [1.29, 1.82) is 0 Å². The van der Waals surface area contributed by atoms with E-state index in [2.05, 4.69) is 9.72 Å². The Balaban J connectivity index is 3.08. The molecule has 1 heterocycles. The van der Waals surface area contributed by atoms with Gasteiger partial charge in [-0.3, -0.25) is 4.98 Å². The maximum absolute atomic E-state index is 13.7. The first-order chi connectivity index (χ1) is 7.84. The van der Waals surface area contributed by atoms with Crippen molar-refractivity contribution >= 4 is 5.97 Å². The molecule has 4 nitrogen and oxygen atoms in total. The molecule has 0 radical (unpaired) electrons. The summed E-state index contributed by atoms with van der Waals surface area (Å²) in [5, 5.41) is 9.80. The van der Waals surface area contributed by atoms with Crippen molar-refractivity contribution in [3.05, 3.63) is 30.1 Å². The molecule has 1 unspecified atom stereocenters. The number of esters is 1. The van der Waals surface area contributed by atoms with Gasteiger partial charge in [-0.1, -0.05) is 6.07 Å². The Labute approximate surface area is 97.2 Å². The van der Waals surface area contributed by atoms with Crippen LogP contribution in [0.15, 0.2) is 24.4 Å². The van der Waals surface area contributed by atoms with Gasteiger partial charge in [-0.15, -0.1) is 0 Å². The van der Waals surface area contributed by atoms with Gasteiger partial charge in [-0.2, -0.15) is 8.78 Å². The first-order valence-corrected chi connectivity index (χ1v) is 5.03. The number of nitrogens with zero attached hydrogens (tertiary/aromatic N) is 1. The van der Waals surface area contributed by atoms with Gasteiger partial charge < -0.3 is 9.84 Å². The Hall–Kier alpha value is -1.56. The molecule has 0 aliphatic rings. The van der Waals surface area contributed by atoms with E-state index in [0.29, 0.717) is 0 Å². The van der Waals surface area contributed by atoms with Crippen LogP contribution in [0.25, 0.3) is 0 Å². The van der Waals surface area contributed by atoms with Crippen LogP contribution in [0, 0.1) is 0 Å². The van der Waals surface area contributed by atoms with Crippen LogP contribution in [-0.2, 0) is 15.1 Å². The number of rotatable bonds is 4. The van der Waals surface area contributed by atoms with Crippen molar-refractivity contribution in [2.75, 3.05) is 6.61 Å². The van der Waals surface area contributed by atoms with E-state index in [-0.39, 0.29) is 12.3 Å². The molecule has 0 aromatic carbocycles. The molecule has 0 amide bonds. The molecule has 0 spiro atoms. The third kappa shape index (κ3) is 2.41. The molecule has 1 atom stereocenters. The molecular weight excluding hydrogens is 232 g/mol. The van der Waals surface area contributed by atoms with E-state index in [0.717, 1.165) is 6.92 Å². The zero-order valence-corrected chi connectivity index (χ0v) is 9.48. The van der Waals surface area contributed by atoms with Gasteiger partial charge in [-0.05, 0) is 26.0 Å². The summed E-state index contributed by atoms with van der Waals surface area (Å²) in [7, 11) is 0. The second-order valence-corrected chi connectivity index (χ2v) is 3.58. The van der Waals surface area contributed by atoms with E-state index in [1.165, 1.54) is 31.3 Å². The molecule has 94 valence electrons. The average Bonchev–Trinajstić information content (AvgIpc) is 2.30. The highest BCUT2D eigenvalue weighted by Gasteiger charge is 2.58. The van der Waals surface area contributed by atoms with Gasteiger partial charge in [0.25, 0.3) is 0 Å². The summed E-state index contributed by atoms with van der Waals surface area (Å²) in [5.74, 6) is -5.83. The van der Waals surface area contributed by atoms with Crippen LogP contribution in [0.4, 0.5) is 8.78 Å². The molecule has 0 fully saturated rings. The van der Waals surface area contributed by atoms with Crippen LogP contribution in [0.2, 0.25) is 0 Å². The fourth-order valence-corrected chi connectivity index (χ4v) is 1.23. The van der Waals surface area contributed by atoms with Gasteiger partial charge in [0.15, 0.2) is 5.60 Å². The highest BCUT2D eigenvalue weighted by molar-refractivity contribution is 5.79. The van der Waals surface area contributed by atoms with Crippen molar-refractivity contribution in [3.8, 4) is 0 Å². The lowest BCUT2D eigenvalue weighted by Gasteiger charge is -2.29. The van der Waals surface area contributed by atoms with E-state index in [1.807, 2.05) is 0 Å². The number of ether oxygens (including phenoxy) is 1. The zero-order chi connectivity index (χ0) is 13.1. The fraction of sp³-hybridized carbons (Fsp3) is 0.455. The van der Waals surface area contributed by atoms with E-state index in [1.54, 1.807) is 0 Å². The molecule has 0 saturated heterocycles. The van der Waals surface area contributed by atoms with E-state index in [4.69, 9.17) is 0 Å². The van der Waals surface area contributed by atoms with Gasteiger partial charge in [0.2, 0.25) is 0 Å². The van der Waals surface area contributed by atoms with Crippen LogP contribution in [0.3, 0.4) is 0 Å². The standard InChI is InChI=1S/C11H13F2NO3/c1-3-17-9(15)11(12,13)10(2,16)8-6-4-5-7-14-8/h4-7,16H,3H2,1-2H3. The quantitative estimate of drug-likeness (QED) is 0.816. The van der Waals surface area contributed by atoms with Crippen molar-refractivity contribution in [2.24, 2.45) is 0 Å². The Morgan fingerprint density at radius 2 is 2.18 bits per heavy atom. The molecular formula is C11H13F2NO3. The summed E-state index contributed by atoms with van der Waals surface area (Å²) in [6.45, 7) is 2.04. The molecule has 0 saturated carbocycles. The number of aromatic nitrogens is 1. The number of halogens is 2. The average molecular weight is 245 g/mol. The van der Waals surface area contributed by atoms with Crippen molar-refractivity contribution < 1.29 is 23.4 Å². The third-order valence-corrected chi connectivity index (χ3v) is 2.31.